The minimum absolute atomic E-state index is 0.230. The van der Waals surface area contributed by atoms with Gasteiger partial charge in [0.25, 0.3) is 11.5 Å². The van der Waals surface area contributed by atoms with Crippen LogP contribution in [0.4, 0.5) is 4.79 Å². The Balaban J connectivity index is 1.68. The van der Waals surface area contributed by atoms with Crippen molar-refractivity contribution in [3.8, 4) is 0 Å². The molecule has 9 heteroatoms. The van der Waals surface area contributed by atoms with Crippen LogP contribution in [0.1, 0.15) is 6.92 Å². The highest BCUT2D eigenvalue weighted by Gasteiger charge is 2.31. The number of nitrogens with one attached hydrogen (secondary N) is 1. The molecule has 130 valence electrons. The molecule has 0 bridgehead atoms. The molecule has 0 radical (unpaired) electrons. The van der Waals surface area contributed by atoms with E-state index in [-0.39, 0.29) is 18.6 Å². The second-order valence-electron chi connectivity index (χ2n) is 5.55. The number of hydrogen-bond acceptors (Lipinski definition) is 6. The number of nitrogens with zero attached hydrogens (tertiary/aromatic N) is 3. The first-order valence-electron chi connectivity index (χ1n) is 7.70. The molecule has 0 spiro atoms. The number of aromatic nitrogens is 2. The lowest BCUT2D eigenvalue weighted by molar-refractivity contribution is -0.158. The topological polar surface area (TPSA) is 111 Å². The smallest absolute Gasteiger partial charge is 0.326 e. The Kier molecular flexibility index (Phi) is 4.46. The van der Waals surface area contributed by atoms with Gasteiger partial charge in [0.2, 0.25) is 0 Å². The molecular formula is C16H16N4O5. The van der Waals surface area contributed by atoms with Crippen molar-refractivity contribution >= 4 is 28.8 Å². The summed E-state index contributed by atoms with van der Waals surface area (Å²) in [5, 5.41) is 2.88. The summed E-state index contributed by atoms with van der Waals surface area (Å²) in [5.74, 6) is -1.37. The second kappa shape index (κ2) is 6.71. The molecule has 0 aliphatic carbocycles. The fourth-order valence-electron chi connectivity index (χ4n) is 2.54. The molecule has 2 aromatic rings. The number of rotatable bonds is 4. The first kappa shape index (κ1) is 16.6. The van der Waals surface area contributed by atoms with Crippen LogP contribution in [0.2, 0.25) is 0 Å². The fourth-order valence-corrected chi connectivity index (χ4v) is 2.54. The summed E-state index contributed by atoms with van der Waals surface area (Å²) in [6, 6.07) is 6.26. The highest BCUT2D eigenvalue weighted by molar-refractivity contribution is 5.98. The van der Waals surface area contributed by atoms with Gasteiger partial charge in [0, 0.05) is 13.1 Å². The molecule has 0 unspecified atom stereocenters. The maximum Gasteiger partial charge on any atom is 0.326 e. The van der Waals surface area contributed by atoms with Gasteiger partial charge in [0.15, 0.2) is 6.10 Å². The molecule has 1 aliphatic heterocycles. The molecule has 25 heavy (non-hydrogen) atoms. The summed E-state index contributed by atoms with van der Waals surface area (Å²) >= 11 is 0. The zero-order valence-electron chi connectivity index (χ0n) is 13.5. The molecule has 0 saturated carbocycles. The van der Waals surface area contributed by atoms with Gasteiger partial charge in [-0.05, 0) is 19.1 Å². The zero-order valence-corrected chi connectivity index (χ0v) is 13.5. The van der Waals surface area contributed by atoms with E-state index in [1.54, 1.807) is 24.3 Å². The number of urea groups is 1. The predicted octanol–water partition coefficient (Wildman–Crippen LogP) is -0.120. The standard InChI is InChI=1S/C16H16N4O5/c1-10(14(22)20-7-6-17-16(20)24)25-13(21)8-19-9-18-12-5-3-2-4-11(12)15(19)23/h2-5,9-10H,6-8H2,1H3,(H,17,24)/t10-/m0/s1. The minimum Gasteiger partial charge on any atom is -0.451 e. The van der Waals surface area contributed by atoms with Crippen molar-refractivity contribution < 1.29 is 19.1 Å². The number of imide groups is 1. The summed E-state index contributed by atoms with van der Waals surface area (Å²) < 4.78 is 6.16. The van der Waals surface area contributed by atoms with E-state index in [1.807, 2.05) is 0 Å². The summed E-state index contributed by atoms with van der Waals surface area (Å²) in [7, 11) is 0. The van der Waals surface area contributed by atoms with Gasteiger partial charge in [-0.25, -0.2) is 9.78 Å². The minimum atomic E-state index is -1.12. The van der Waals surface area contributed by atoms with Crippen molar-refractivity contribution in [3.63, 3.8) is 0 Å². The Morgan fingerprint density at radius 3 is 2.80 bits per heavy atom. The number of amides is 3. The summed E-state index contributed by atoms with van der Waals surface area (Å²) in [5.41, 5.74) is 0.154. The van der Waals surface area contributed by atoms with Gasteiger partial charge < -0.3 is 10.1 Å². The Morgan fingerprint density at radius 2 is 2.08 bits per heavy atom. The lowest BCUT2D eigenvalue weighted by Crippen LogP contribution is -2.42. The number of hydrogen-bond donors (Lipinski definition) is 1. The third kappa shape index (κ3) is 3.35. The van der Waals surface area contributed by atoms with Crippen LogP contribution in [-0.2, 0) is 20.9 Å². The summed E-state index contributed by atoms with van der Waals surface area (Å²) in [4.78, 5) is 53.0. The van der Waals surface area contributed by atoms with Gasteiger partial charge in [0.1, 0.15) is 6.54 Å². The first-order chi connectivity index (χ1) is 12.0. The number of fused-ring (bicyclic) bond motifs is 1. The molecule has 1 atom stereocenters. The van der Waals surface area contributed by atoms with Gasteiger partial charge >= 0.3 is 12.0 Å². The Bertz CT molecular complexity index is 907. The normalized spacial score (nSPS) is 15.1. The van der Waals surface area contributed by atoms with Crippen molar-refractivity contribution in [2.24, 2.45) is 0 Å². The number of esters is 1. The summed E-state index contributed by atoms with van der Waals surface area (Å²) in [6.45, 7) is 1.60. The molecule has 1 N–H and O–H groups in total. The number of benzene rings is 1. The van der Waals surface area contributed by atoms with E-state index in [9.17, 15) is 19.2 Å². The van der Waals surface area contributed by atoms with Crippen LogP contribution in [0.25, 0.3) is 10.9 Å². The average molecular weight is 344 g/mol. The van der Waals surface area contributed by atoms with E-state index in [1.165, 1.54) is 13.3 Å². The van der Waals surface area contributed by atoms with Crippen LogP contribution in [0.3, 0.4) is 0 Å². The fraction of sp³-hybridized carbons (Fsp3) is 0.312. The number of carbonyl (C=O) groups excluding carboxylic acids is 3. The Labute approximate surface area is 142 Å². The van der Waals surface area contributed by atoms with Crippen LogP contribution < -0.4 is 10.9 Å². The third-order valence-corrected chi connectivity index (χ3v) is 3.81. The van der Waals surface area contributed by atoms with E-state index < -0.39 is 24.0 Å². The van der Waals surface area contributed by atoms with Gasteiger partial charge in [-0.2, -0.15) is 0 Å². The second-order valence-corrected chi connectivity index (χ2v) is 5.55. The molecule has 1 aromatic carbocycles. The Morgan fingerprint density at radius 1 is 1.32 bits per heavy atom. The molecule has 3 rings (SSSR count). The molecule has 1 aromatic heterocycles. The van der Waals surface area contributed by atoms with Crippen LogP contribution in [0, 0.1) is 0 Å². The van der Waals surface area contributed by atoms with E-state index in [2.05, 4.69) is 10.3 Å². The van der Waals surface area contributed by atoms with Crippen molar-refractivity contribution in [3.05, 3.63) is 40.9 Å². The summed E-state index contributed by atoms with van der Waals surface area (Å²) in [6.07, 6.45) is 0.132. The van der Waals surface area contributed by atoms with Crippen molar-refractivity contribution in [2.75, 3.05) is 13.1 Å². The van der Waals surface area contributed by atoms with E-state index in [0.717, 1.165) is 9.47 Å². The highest BCUT2D eigenvalue weighted by atomic mass is 16.5. The van der Waals surface area contributed by atoms with Crippen LogP contribution >= 0.6 is 0 Å². The van der Waals surface area contributed by atoms with Crippen molar-refractivity contribution in [1.82, 2.24) is 19.8 Å². The highest BCUT2D eigenvalue weighted by Crippen LogP contribution is 2.06. The van der Waals surface area contributed by atoms with E-state index in [0.29, 0.717) is 17.4 Å². The van der Waals surface area contributed by atoms with Crippen molar-refractivity contribution in [1.29, 1.82) is 0 Å². The van der Waals surface area contributed by atoms with E-state index in [4.69, 9.17) is 4.74 Å². The molecule has 9 nitrogen and oxygen atoms in total. The molecule has 2 heterocycles. The molecular weight excluding hydrogens is 328 g/mol. The van der Waals surface area contributed by atoms with E-state index >= 15 is 0 Å². The van der Waals surface area contributed by atoms with Gasteiger partial charge in [-0.3, -0.25) is 23.9 Å². The molecule has 1 aliphatic rings. The quantitative estimate of drug-likeness (QED) is 0.774. The molecule has 3 amide bonds. The largest absolute Gasteiger partial charge is 0.451 e. The van der Waals surface area contributed by atoms with Crippen molar-refractivity contribution in [2.45, 2.75) is 19.6 Å². The van der Waals surface area contributed by atoms with Crippen LogP contribution in [0.15, 0.2) is 35.4 Å². The first-order valence-corrected chi connectivity index (χ1v) is 7.70. The lowest BCUT2D eigenvalue weighted by atomic mass is 10.2. The zero-order chi connectivity index (χ0) is 18.0. The maximum absolute atomic E-state index is 12.3. The SMILES string of the molecule is C[C@H](OC(=O)Cn1cnc2ccccc2c1=O)C(=O)N1CCNC1=O. The molecule has 1 saturated heterocycles. The van der Waals surface area contributed by atoms with Gasteiger partial charge in [-0.1, -0.05) is 12.1 Å². The number of carbonyl (C=O) groups is 3. The number of ether oxygens (including phenoxy) is 1. The average Bonchev–Trinajstić information content (AvgIpc) is 3.03. The van der Waals surface area contributed by atoms with Gasteiger partial charge in [-0.15, -0.1) is 0 Å². The molecule has 1 fully saturated rings. The van der Waals surface area contributed by atoms with Crippen LogP contribution in [0.5, 0.6) is 0 Å². The number of para-hydroxylation sites is 1. The van der Waals surface area contributed by atoms with Crippen LogP contribution in [-0.4, -0.2) is 51.6 Å². The van der Waals surface area contributed by atoms with Gasteiger partial charge in [0.05, 0.1) is 17.2 Å². The maximum atomic E-state index is 12.3. The predicted molar refractivity (Wildman–Crippen MR) is 86.7 cm³/mol. The Hall–Kier alpha value is -3.23. The lowest BCUT2D eigenvalue weighted by Gasteiger charge is -2.18. The third-order valence-electron chi connectivity index (χ3n) is 3.81. The monoisotopic (exact) mass is 344 g/mol.